The number of methoxy groups -OCH3 is 1. The minimum Gasteiger partial charge on any atom is -0.383 e. The summed E-state index contributed by atoms with van der Waals surface area (Å²) in [6, 6.07) is 0. The maximum absolute atomic E-state index is 4.99. The number of nitrogens with one attached hydrogen (secondary N) is 1. The molecular formula is C15H25N3O. The summed E-state index contributed by atoms with van der Waals surface area (Å²) in [6.45, 7) is 4.69. The van der Waals surface area contributed by atoms with Crippen molar-refractivity contribution in [3.63, 3.8) is 0 Å². The molecule has 1 saturated carbocycles. The SMILES string of the molecule is CCC1CCC(c2ncc(CNCCOC)cn2)C1. The number of nitrogens with zero attached hydrogens (tertiary/aromatic N) is 2. The van der Waals surface area contributed by atoms with Crippen LogP contribution in [0.5, 0.6) is 0 Å². The minimum absolute atomic E-state index is 0.584. The van der Waals surface area contributed by atoms with E-state index in [1.165, 1.54) is 25.7 Å². The third kappa shape index (κ3) is 4.25. The van der Waals surface area contributed by atoms with Gasteiger partial charge >= 0.3 is 0 Å². The molecule has 0 radical (unpaired) electrons. The van der Waals surface area contributed by atoms with Crippen LogP contribution in [0.3, 0.4) is 0 Å². The van der Waals surface area contributed by atoms with Gasteiger partial charge in [0.05, 0.1) is 6.61 Å². The largest absolute Gasteiger partial charge is 0.383 e. The standard InChI is InChI=1S/C15H25N3O/c1-3-12-4-5-14(8-12)15-17-10-13(11-18-15)9-16-6-7-19-2/h10-12,14,16H,3-9H2,1-2H3. The lowest BCUT2D eigenvalue weighted by atomic mass is 10.0. The normalized spacial score (nSPS) is 22.8. The van der Waals surface area contributed by atoms with E-state index in [2.05, 4.69) is 22.2 Å². The third-order valence-corrected chi connectivity index (χ3v) is 4.02. The van der Waals surface area contributed by atoms with E-state index in [-0.39, 0.29) is 0 Å². The Morgan fingerprint density at radius 1 is 1.32 bits per heavy atom. The molecule has 0 spiro atoms. The van der Waals surface area contributed by atoms with Crippen molar-refractivity contribution in [3.05, 3.63) is 23.8 Å². The van der Waals surface area contributed by atoms with Crippen LogP contribution in [0.15, 0.2) is 12.4 Å². The van der Waals surface area contributed by atoms with Crippen molar-refractivity contribution in [3.8, 4) is 0 Å². The third-order valence-electron chi connectivity index (χ3n) is 4.02. The molecule has 4 nitrogen and oxygen atoms in total. The summed E-state index contributed by atoms with van der Waals surface area (Å²) in [5, 5.41) is 3.30. The second kappa shape index (κ2) is 7.56. The van der Waals surface area contributed by atoms with Gasteiger partial charge < -0.3 is 10.1 Å². The summed E-state index contributed by atoms with van der Waals surface area (Å²) in [5.74, 6) is 2.50. The molecule has 0 saturated heterocycles. The molecule has 1 aliphatic carbocycles. The Morgan fingerprint density at radius 3 is 2.74 bits per heavy atom. The smallest absolute Gasteiger partial charge is 0.131 e. The van der Waals surface area contributed by atoms with Crippen molar-refractivity contribution in [2.24, 2.45) is 5.92 Å². The van der Waals surface area contributed by atoms with Crippen LogP contribution < -0.4 is 5.32 Å². The van der Waals surface area contributed by atoms with Crippen LogP contribution in [0, 0.1) is 5.92 Å². The number of ether oxygens (including phenoxy) is 1. The summed E-state index contributed by atoms with van der Waals surface area (Å²) in [4.78, 5) is 9.09. The molecule has 106 valence electrons. The van der Waals surface area contributed by atoms with E-state index in [4.69, 9.17) is 4.74 Å². The number of hydrogen-bond donors (Lipinski definition) is 1. The average Bonchev–Trinajstić information content (AvgIpc) is 2.93. The van der Waals surface area contributed by atoms with Crippen LogP contribution in [0.2, 0.25) is 0 Å². The second-order valence-electron chi connectivity index (χ2n) is 5.40. The molecule has 1 N–H and O–H groups in total. The van der Waals surface area contributed by atoms with E-state index in [0.717, 1.165) is 37.0 Å². The lowest BCUT2D eigenvalue weighted by Gasteiger charge is -2.09. The van der Waals surface area contributed by atoms with Crippen LogP contribution in [0.4, 0.5) is 0 Å². The van der Waals surface area contributed by atoms with Gasteiger partial charge in [-0.05, 0) is 25.2 Å². The van der Waals surface area contributed by atoms with E-state index in [1.807, 2.05) is 12.4 Å². The Hall–Kier alpha value is -1.00. The van der Waals surface area contributed by atoms with Crippen molar-refractivity contribution >= 4 is 0 Å². The molecule has 1 aromatic heterocycles. The summed E-state index contributed by atoms with van der Waals surface area (Å²) >= 11 is 0. The first kappa shape index (κ1) is 14.4. The fraction of sp³-hybridized carbons (Fsp3) is 0.733. The average molecular weight is 263 g/mol. The second-order valence-corrected chi connectivity index (χ2v) is 5.40. The van der Waals surface area contributed by atoms with Gasteiger partial charge in [0, 0.05) is 44.1 Å². The van der Waals surface area contributed by atoms with Gasteiger partial charge in [0.1, 0.15) is 5.82 Å². The molecule has 19 heavy (non-hydrogen) atoms. The lowest BCUT2D eigenvalue weighted by Crippen LogP contribution is -2.19. The van der Waals surface area contributed by atoms with Gasteiger partial charge in [0.15, 0.2) is 0 Å². The molecule has 1 heterocycles. The predicted octanol–water partition coefficient (Wildman–Crippen LogP) is 2.51. The van der Waals surface area contributed by atoms with Crippen molar-refractivity contribution in [1.82, 2.24) is 15.3 Å². The van der Waals surface area contributed by atoms with Crippen LogP contribution in [-0.4, -0.2) is 30.2 Å². The van der Waals surface area contributed by atoms with Gasteiger partial charge in [-0.15, -0.1) is 0 Å². The zero-order valence-electron chi connectivity index (χ0n) is 12.1. The molecule has 2 unspecified atom stereocenters. The summed E-state index contributed by atoms with van der Waals surface area (Å²) in [5.41, 5.74) is 1.14. The zero-order valence-corrected chi connectivity index (χ0v) is 12.1. The van der Waals surface area contributed by atoms with Crippen molar-refractivity contribution < 1.29 is 4.74 Å². The summed E-state index contributed by atoms with van der Waals surface area (Å²) in [7, 11) is 1.71. The fourth-order valence-electron chi connectivity index (χ4n) is 2.75. The van der Waals surface area contributed by atoms with Gasteiger partial charge in [-0.3, -0.25) is 0 Å². The molecule has 0 amide bonds. The first-order valence-electron chi connectivity index (χ1n) is 7.34. The molecule has 2 atom stereocenters. The van der Waals surface area contributed by atoms with E-state index in [1.54, 1.807) is 7.11 Å². The number of rotatable bonds is 7. The van der Waals surface area contributed by atoms with Crippen molar-refractivity contribution in [1.29, 1.82) is 0 Å². The highest BCUT2D eigenvalue weighted by molar-refractivity contribution is 5.08. The van der Waals surface area contributed by atoms with Crippen LogP contribution in [-0.2, 0) is 11.3 Å². The van der Waals surface area contributed by atoms with Gasteiger partial charge in [0.2, 0.25) is 0 Å². The Morgan fingerprint density at radius 2 is 2.11 bits per heavy atom. The molecule has 1 aromatic rings. The van der Waals surface area contributed by atoms with E-state index in [0.29, 0.717) is 5.92 Å². The summed E-state index contributed by atoms with van der Waals surface area (Å²) < 4.78 is 4.99. The van der Waals surface area contributed by atoms with E-state index >= 15 is 0 Å². The molecule has 4 heteroatoms. The molecule has 0 aliphatic heterocycles. The predicted molar refractivity (Wildman–Crippen MR) is 76.0 cm³/mol. The number of hydrogen-bond acceptors (Lipinski definition) is 4. The number of aromatic nitrogens is 2. The van der Waals surface area contributed by atoms with E-state index < -0.39 is 0 Å². The molecule has 0 aromatic carbocycles. The summed E-state index contributed by atoms with van der Waals surface area (Å²) in [6.07, 6.45) is 9.07. The highest BCUT2D eigenvalue weighted by Crippen LogP contribution is 2.37. The van der Waals surface area contributed by atoms with Gasteiger partial charge in [0.25, 0.3) is 0 Å². The molecule has 1 aliphatic rings. The minimum atomic E-state index is 0.584. The first-order chi connectivity index (χ1) is 9.33. The van der Waals surface area contributed by atoms with Gasteiger partial charge in [-0.2, -0.15) is 0 Å². The zero-order chi connectivity index (χ0) is 13.5. The first-order valence-corrected chi connectivity index (χ1v) is 7.34. The molecule has 1 fully saturated rings. The van der Waals surface area contributed by atoms with Crippen LogP contribution in [0.25, 0.3) is 0 Å². The van der Waals surface area contributed by atoms with Gasteiger partial charge in [-0.1, -0.05) is 13.3 Å². The maximum atomic E-state index is 4.99. The Bertz CT molecular complexity index is 366. The molecule has 2 rings (SSSR count). The topological polar surface area (TPSA) is 47.0 Å². The van der Waals surface area contributed by atoms with Gasteiger partial charge in [-0.25, -0.2) is 9.97 Å². The molecule has 0 bridgehead atoms. The fourth-order valence-corrected chi connectivity index (χ4v) is 2.75. The Balaban J connectivity index is 1.81. The van der Waals surface area contributed by atoms with E-state index in [9.17, 15) is 0 Å². The lowest BCUT2D eigenvalue weighted by molar-refractivity contribution is 0.199. The van der Waals surface area contributed by atoms with Crippen molar-refractivity contribution in [2.45, 2.75) is 45.1 Å². The van der Waals surface area contributed by atoms with Crippen LogP contribution >= 0.6 is 0 Å². The quantitative estimate of drug-likeness (QED) is 0.768. The van der Waals surface area contributed by atoms with Crippen molar-refractivity contribution in [2.75, 3.05) is 20.3 Å². The highest BCUT2D eigenvalue weighted by Gasteiger charge is 2.26. The Labute approximate surface area is 116 Å². The Kier molecular flexibility index (Phi) is 5.73. The highest BCUT2D eigenvalue weighted by atomic mass is 16.5. The monoisotopic (exact) mass is 263 g/mol. The van der Waals surface area contributed by atoms with Crippen LogP contribution in [0.1, 0.15) is 49.9 Å². The maximum Gasteiger partial charge on any atom is 0.131 e. The molecular weight excluding hydrogens is 238 g/mol.